The number of nitrogens with zero attached hydrogens (tertiary/aromatic N) is 3. The zero-order chi connectivity index (χ0) is 21.9. The third kappa shape index (κ3) is 3.67. The van der Waals surface area contributed by atoms with Crippen LogP contribution >= 0.6 is 0 Å². The van der Waals surface area contributed by atoms with Gasteiger partial charge in [-0.25, -0.2) is 18.2 Å². The van der Waals surface area contributed by atoms with E-state index in [0.29, 0.717) is 6.07 Å². The number of aryl methyl sites for hydroxylation is 1. The quantitative estimate of drug-likeness (QED) is 0.421. The topological polar surface area (TPSA) is 125 Å². The molecule has 0 spiro atoms. The van der Waals surface area contributed by atoms with E-state index in [2.05, 4.69) is 4.98 Å². The van der Waals surface area contributed by atoms with E-state index in [0.717, 1.165) is 16.8 Å². The Bertz CT molecular complexity index is 1290. The second-order valence-electron chi connectivity index (χ2n) is 6.98. The molecule has 31 heavy (non-hydrogen) atoms. The van der Waals surface area contributed by atoms with Crippen molar-refractivity contribution in [2.75, 3.05) is 23.7 Å². The summed E-state index contributed by atoms with van der Waals surface area (Å²) in [6.07, 6.45) is 0.126. The van der Waals surface area contributed by atoms with Crippen molar-refractivity contribution >= 4 is 28.4 Å². The van der Waals surface area contributed by atoms with Gasteiger partial charge >= 0.3 is 29.6 Å². The molecular weight excluding hydrogens is 428 g/mol. The number of fused-ring (bicyclic) bond motifs is 1. The number of carbonyl (C=O) groups is 1. The average molecular weight is 442 g/mol. The molecule has 1 saturated heterocycles. The molecular formula is C19H14F3N4NaO4. The van der Waals surface area contributed by atoms with Crippen molar-refractivity contribution in [1.82, 2.24) is 9.55 Å². The Hall–Kier alpha value is -2.60. The summed E-state index contributed by atoms with van der Waals surface area (Å²) in [6, 6.07) is 1.30. The van der Waals surface area contributed by atoms with Crippen LogP contribution in [0.25, 0.3) is 16.7 Å². The van der Waals surface area contributed by atoms with E-state index < -0.39 is 52.2 Å². The van der Waals surface area contributed by atoms with E-state index in [1.807, 2.05) is 0 Å². The van der Waals surface area contributed by atoms with Gasteiger partial charge in [0.05, 0.1) is 34.2 Å². The second kappa shape index (κ2) is 8.15. The number of nitrogen functional groups attached to an aromatic ring is 1. The predicted molar refractivity (Wildman–Crippen MR) is 98.9 cm³/mol. The minimum absolute atomic E-state index is 0. The molecule has 2 aromatic heterocycles. The summed E-state index contributed by atoms with van der Waals surface area (Å²) < 4.78 is 43.9. The van der Waals surface area contributed by atoms with Crippen molar-refractivity contribution in [2.45, 2.75) is 13.0 Å². The molecule has 1 aromatic carbocycles. The number of halogens is 3. The zero-order valence-electron chi connectivity index (χ0n) is 16.4. The third-order valence-electron chi connectivity index (χ3n) is 5.02. The van der Waals surface area contributed by atoms with E-state index in [9.17, 15) is 33.0 Å². The number of benzene rings is 1. The van der Waals surface area contributed by atoms with E-state index in [-0.39, 0.29) is 64.8 Å². The fourth-order valence-electron chi connectivity index (χ4n) is 3.62. The summed E-state index contributed by atoms with van der Waals surface area (Å²) in [6.45, 7) is 1.73. The number of aliphatic hydroxyl groups excluding tert-OH is 1. The molecule has 0 radical (unpaired) electrons. The molecule has 1 aliphatic rings. The van der Waals surface area contributed by atoms with Crippen LogP contribution in [-0.4, -0.2) is 39.8 Å². The number of carboxylic acid groups (broad SMARTS) is 1. The first kappa shape index (κ1) is 23.1. The number of nitrogens with two attached hydrogens (primary N) is 1. The molecule has 1 aliphatic heterocycles. The second-order valence-corrected chi connectivity index (χ2v) is 6.98. The molecule has 0 saturated carbocycles. The van der Waals surface area contributed by atoms with Gasteiger partial charge in [0.2, 0.25) is 0 Å². The minimum Gasteiger partial charge on any atom is -0.545 e. The van der Waals surface area contributed by atoms with Crippen LogP contribution in [0.4, 0.5) is 24.7 Å². The normalized spacial score (nSPS) is 13.8. The number of β-amino-alcohol motifs (C(OH)–C–C–N with tert-alkyl or cyclic N) is 1. The number of anilines is 2. The van der Waals surface area contributed by atoms with Crippen molar-refractivity contribution in [1.29, 1.82) is 0 Å². The maximum absolute atomic E-state index is 14.8. The van der Waals surface area contributed by atoms with Gasteiger partial charge in [-0.2, -0.15) is 0 Å². The number of pyridine rings is 2. The van der Waals surface area contributed by atoms with Crippen molar-refractivity contribution in [3.8, 4) is 5.82 Å². The smallest absolute Gasteiger partial charge is 0.545 e. The molecule has 0 aliphatic carbocycles. The largest absolute Gasteiger partial charge is 1.00 e. The van der Waals surface area contributed by atoms with Crippen LogP contribution in [-0.2, 0) is 0 Å². The molecule has 0 unspecified atom stereocenters. The third-order valence-corrected chi connectivity index (χ3v) is 5.02. The van der Waals surface area contributed by atoms with Gasteiger partial charge in [0, 0.05) is 30.9 Å². The van der Waals surface area contributed by atoms with Crippen LogP contribution in [0, 0.1) is 24.4 Å². The molecule has 156 valence electrons. The standard InChI is InChI=1S/C19H15F3N4O4.Na/c1-7-14-9(2-11(20)15(7)25-4-8(27)5-25)16(28)10(19(29)30)6-26(14)18-13(22)3-12(21)17(23)24-18;/h2-3,6,8,27H,4-5H2,1H3,(H2,23,24)(H,29,30);/q;+1/p-1. The van der Waals surface area contributed by atoms with Crippen LogP contribution in [0.15, 0.2) is 23.1 Å². The average Bonchev–Trinajstić information content (AvgIpc) is 2.64. The maximum Gasteiger partial charge on any atom is 1.00 e. The minimum atomic E-state index is -1.86. The number of hydrogen-bond donors (Lipinski definition) is 2. The Morgan fingerprint density at radius 1 is 1.23 bits per heavy atom. The van der Waals surface area contributed by atoms with E-state index in [1.165, 1.54) is 11.8 Å². The molecule has 3 aromatic rings. The first-order valence-corrected chi connectivity index (χ1v) is 8.74. The Balaban J connectivity index is 0.00000272. The Morgan fingerprint density at radius 2 is 1.87 bits per heavy atom. The summed E-state index contributed by atoms with van der Waals surface area (Å²) in [5.41, 5.74) is 3.72. The van der Waals surface area contributed by atoms with E-state index in [4.69, 9.17) is 5.73 Å². The molecule has 0 bridgehead atoms. The number of carbonyl (C=O) groups excluding carboxylic acids is 1. The van der Waals surface area contributed by atoms with Gasteiger partial charge in [0.1, 0.15) is 5.82 Å². The first-order valence-electron chi connectivity index (χ1n) is 8.74. The van der Waals surface area contributed by atoms with Gasteiger partial charge in [-0.05, 0) is 13.0 Å². The molecule has 3 N–H and O–H groups in total. The number of aliphatic hydroxyl groups is 1. The first-order chi connectivity index (χ1) is 14.1. The van der Waals surface area contributed by atoms with Gasteiger partial charge in [-0.15, -0.1) is 0 Å². The van der Waals surface area contributed by atoms with Crippen LogP contribution in [0.5, 0.6) is 0 Å². The summed E-state index contributed by atoms with van der Waals surface area (Å²) in [4.78, 5) is 29.2. The van der Waals surface area contributed by atoms with Crippen LogP contribution < -0.4 is 50.7 Å². The Labute approximate surface area is 195 Å². The van der Waals surface area contributed by atoms with Crippen molar-refractivity contribution in [3.05, 3.63) is 57.1 Å². The number of hydrogen-bond acceptors (Lipinski definition) is 7. The SMILES string of the molecule is Cc1c(N2CC(O)C2)c(F)cc2c(=O)c(C(=O)[O-])cn(-c3nc(N)c(F)cc3F)c12.[Na+]. The number of rotatable bonds is 3. The monoisotopic (exact) mass is 442 g/mol. The van der Waals surface area contributed by atoms with Crippen molar-refractivity contribution < 1.29 is 57.7 Å². The molecule has 0 amide bonds. The zero-order valence-corrected chi connectivity index (χ0v) is 18.4. The molecule has 1 fully saturated rings. The van der Waals surface area contributed by atoms with E-state index >= 15 is 0 Å². The van der Waals surface area contributed by atoms with Crippen molar-refractivity contribution in [3.63, 3.8) is 0 Å². The Kier molecular flexibility index (Phi) is 6.07. The molecule has 8 nitrogen and oxygen atoms in total. The fraction of sp³-hybridized carbons (Fsp3) is 0.211. The molecule has 0 atom stereocenters. The summed E-state index contributed by atoms with van der Waals surface area (Å²) >= 11 is 0. The maximum atomic E-state index is 14.8. The predicted octanol–water partition coefficient (Wildman–Crippen LogP) is -2.76. The summed E-state index contributed by atoms with van der Waals surface area (Å²) in [7, 11) is 0. The summed E-state index contributed by atoms with van der Waals surface area (Å²) in [5.74, 6) is -6.22. The summed E-state index contributed by atoms with van der Waals surface area (Å²) in [5, 5.41) is 20.6. The van der Waals surface area contributed by atoms with Gasteiger partial charge in [-0.1, -0.05) is 0 Å². The molecule has 3 heterocycles. The number of carboxylic acids is 1. The van der Waals surface area contributed by atoms with Crippen LogP contribution in [0.3, 0.4) is 0 Å². The van der Waals surface area contributed by atoms with Crippen LogP contribution in [0.1, 0.15) is 15.9 Å². The van der Waals surface area contributed by atoms with Gasteiger partial charge < -0.3 is 25.6 Å². The molecule has 12 heteroatoms. The van der Waals surface area contributed by atoms with E-state index in [1.54, 1.807) is 0 Å². The molecule has 4 rings (SSSR count). The van der Waals surface area contributed by atoms with Gasteiger partial charge in [0.25, 0.3) is 0 Å². The number of aromatic carboxylic acids is 1. The number of aromatic nitrogens is 2. The fourth-order valence-corrected chi connectivity index (χ4v) is 3.62. The Morgan fingerprint density at radius 3 is 2.45 bits per heavy atom. The van der Waals surface area contributed by atoms with Crippen LogP contribution in [0.2, 0.25) is 0 Å². The van der Waals surface area contributed by atoms with Crippen molar-refractivity contribution in [2.24, 2.45) is 0 Å². The van der Waals surface area contributed by atoms with Gasteiger partial charge in [0.15, 0.2) is 28.7 Å². The van der Waals surface area contributed by atoms with Gasteiger partial charge in [-0.3, -0.25) is 9.36 Å².